The van der Waals surface area contributed by atoms with Crippen molar-refractivity contribution in [2.45, 2.75) is 51.6 Å². The number of amides is 1. The smallest absolute Gasteiger partial charge is 0.237 e. The van der Waals surface area contributed by atoms with Crippen LogP contribution in [0.15, 0.2) is 0 Å². The van der Waals surface area contributed by atoms with E-state index in [1.807, 2.05) is 6.92 Å². The molecule has 1 aliphatic carbocycles. The van der Waals surface area contributed by atoms with Crippen molar-refractivity contribution in [3.8, 4) is 0 Å². The van der Waals surface area contributed by atoms with Gasteiger partial charge in [0.15, 0.2) is 0 Å². The molecule has 2 atom stereocenters. The summed E-state index contributed by atoms with van der Waals surface area (Å²) < 4.78 is 0. The van der Waals surface area contributed by atoms with E-state index in [1.165, 1.54) is 0 Å². The van der Waals surface area contributed by atoms with Gasteiger partial charge in [-0.25, -0.2) is 0 Å². The van der Waals surface area contributed by atoms with Crippen molar-refractivity contribution in [2.75, 3.05) is 19.6 Å². The Bertz CT molecular complexity index is 240. The molecule has 3 N–H and O–H groups in total. The van der Waals surface area contributed by atoms with Crippen LogP contribution in [0.25, 0.3) is 0 Å². The highest BCUT2D eigenvalue weighted by Gasteiger charge is 2.44. The number of hydrogen-bond acceptors (Lipinski definition) is 3. The number of likely N-dealkylation sites (N-methyl/N-ethyl adjacent to an activating group) is 1. The van der Waals surface area contributed by atoms with E-state index in [4.69, 9.17) is 5.73 Å². The zero-order valence-corrected chi connectivity index (χ0v) is 10.8. The third kappa shape index (κ3) is 2.55. The first-order chi connectivity index (χ1) is 7.59. The van der Waals surface area contributed by atoms with Crippen LogP contribution in [0.4, 0.5) is 0 Å². The second-order valence-corrected chi connectivity index (χ2v) is 4.59. The minimum Gasteiger partial charge on any atom is -0.368 e. The minimum atomic E-state index is -0.456. The van der Waals surface area contributed by atoms with Gasteiger partial charge in [-0.3, -0.25) is 4.79 Å². The molecular formula is C12H25N3O. The molecule has 1 amide bonds. The Morgan fingerprint density at radius 3 is 2.50 bits per heavy atom. The molecule has 4 heteroatoms. The SMILES string of the molecule is CCNC1(C(N)=O)CCC(N(CC)CC)C1. The van der Waals surface area contributed by atoms with E-state index in [-0.39, 0.29) is 5.91 Å². The molecule has 1 fully saturated rings. The largest absolute Gasteiger partial charge is 0.368 e. The molecule has 1 aliphatic rings. The van der Waals surface area contributed by atoms with Crippen LogP contribution in [0.3, 0.4) is 0 Å². The van der Waals surface area contributed by atoms with Crippen molar-refractivity contribution < 1.29 is 4.79 Å². The zero-order valence-electron chi connectivity index (χ0n) is 10.8. The summed E-state index contributed by atoms with van der Waals surface area (Å²) in [6.45, 7) is 9.25. The van der Waals surface area contributed by atoms with Crippen molar-refractivity contribution in [1.82, 2.24) is 10.2 Å². The number of nitrogens with two attached hydrogens (primary N) is 1. The van der Waals surface area contributed by atoms with E-state index >= 15 is 0 Å². The zero-order chi connectivity index (χ0) is 12.2. The van der Waals surface area contributed by atoms with Gasteiger partial charge < -0.3 is 16.0 Å². The normalized spacial score (nSPS) is 29.9. The number of carbonyl (C=O) groups is 1. The second kappa shape index (κ2) is 5.64. The fourth-order valence-electron chi connectivity index (χ4n) is 2.88. The van der Waals surface area contributed by atoms with Crippen LogP contribution in [0.1, 0.15) is 40.0 Å². The third-order valence-corrected chi connectivity index (χ3v) is 3.80. The van der Waals surface area contributed by atoms with Crippen molar-refractivity contribution in [3.05, 3.63) is 0 Å². The van der Waals surface area contributed by atoms with Gasteiger partial charge in [0, 0.05) is 6.04 Å². The van der Waals surface area contributed by atoms with Crippen molar-refractivity contribution >= 4 is 5.91 Å². The first-order valence-electron chi connectivity index (χ1n) is 6.38. The summed E-state index contributed by atoms with van der Waals surface area (Å²) in [6.07, 6.45) is 2.80. The van der Waals surface area contributed by atoms with Crippen LogP contribution in [0.5, 0.6) is 0 Å². The molecule has 0 radical (unpaired) electrons. The number of rotatable bonds is 6. The molecule has 0 saturated heterocycles. The number of primary amides is 1. The first-order valence-corrected chi connectivity index (χ1v) is 6.38. The summed E-state index contributed by atoms with van der Waals surface area (Å²) in [5.41, 5.74) is 5.09. The molecule has 4 nitrogen and oxygen atoms in total. The number of nitrogens with zero attached hydrogens (tertiary/aromatic N) is 1. The van der Waals surface area contributed by atoms with Gasteiger partial charge in [0.2, 0.25) is 5.91 Å². The van der Waals surface area contributed by atoms with E-state index in [1.54, 1.807) is 0 Å². The lowest BCUT2D eigenvalue weighted by molar-refractivity contribution is -0.124. The highest BCUT2D eigenvalue weighted by Crippen LogP contribution is 2.32. The number of hydrogen-bond donors (Lipinski definition) is 2. The average Bonchev–Trinajstić information content (AvgIpc) is 2.66. The highest BCUT2D eigenvalue weighted by atomic mass is 16.1. The van der Waals surface area contributed by atoms with Gasteiger partial charge in [-0.2, -0.15) is 0 Å². The summed E-state index contributed by atoms with van der Waals surface area (Å²) in [7, 11) is 0. The summed E-state index contributed by atoms with van der Waals surface area (Å²) in [4.78, 5) is 14.0. The predicted molar refractivity (Wildman–Crippen MR) is 66.2 cm³/mol. The molecule has 1 rings (SSSR count). The lowest BCUT2D eigenvalue weighted by Crippen LogP contribution is -2.54. The van der Waals surface area contributed by atoms with Crippen molar-refractivity contribution in [2.24, 2.45) is 5.73 Å². The first kappa shape index (κ1) is 13.5. The average molecular weight is 227 g/mol. The summed E-state index contributed by atoms with van der Waals surface area (Å²) in [5, 5.41) is 3.29. The number of carbonyl (C=O) groups excluding carboxylic acids is 1. The molecule has 0 heterocycles. The van der Waals surface area contributed by atoms with Gasteiger partial charge in [-0.1, -0.05) is 20.8 Å². The van der Waals surface area contributed by atoms with E-state index in [9.17, 15) is 4.79 Å². The molecule has 0 aromatic rings. The molecule has 0 aromatic carbocycles. The van der Waals surface area contributed by atoms with Gasteiger partial charge in [0.05, 0.1) is 5.54 Å². The molecular weight excluding hydrogens is 202 g/mol. The maximum Gasteiger partial charge on any atom is 0.237 e. The Kier molecular flexibility index (Phi) is 4.74. The molecule has 16 heavy (non-hydrogen) atoms. The van der Waals surface area contributed by atoms with Crippen LogP contribution < -0.4 is 11.1 Å². The third-order valence-electron chi connectivity index (χ3n) is 3.80. The molecule has 0 bridgehead atoms. The Balaban J connectivity index is 2.69. The minimum absolute atomic E-state index is 0.191. The van der Waals surface area contributed by atoms with E-state index in [0.717, 1.165) is 38.9 Å². The van der Waals surface area contributed by atoms with Gasteiger partial charge in [-0.05, 0) is 38.9 Å². The lowest BCUT2D eigenvalue weighted by atomic mass is 9.96. The van der Waals surface area contributed by atoms with Crippen molar-refractivity contribution in [3.63, 3.8) is 0 Å². The van der Waals surface area contributed by atoms with Crippen molar-refractivity contribution in [1.29, 1.82) is 0 Å². The Morgan fingerprint density at radius 1 is 1.44 bits per heavy atom. The van der Waals surface area contributed by atoms with Gasteiger partial charge in [-0.15, -0.1) is 0 Å². The maximum absolute atomic E-state index is 11.6. The van der Waals surface area contributed by atoms with Crippen LogP contribution in [0.2, 0.25) is 0 Å². The van der Waals surface area contributed by atoms with Crippen LogP contribution in [-0.4, -0.2) is 42.0 Å². The lowest BCUT2D eigenvalue weighted by Gasteiger charge is -2.30. The molecule has 0 aliphatic heterocycles. The fraction of sp³-hybridized carbons (Fsp3) is 0.917. The predicted octanol–water partition coefficient (Wildman–Crippen LogP) is 0.714. The quantitative estimate of drug-likeness (QED) is 0.703. The Morgan fingerprint density at radius 2 is 2.06 bits per heavy atom. The molecule has 0 aromatic heterocycles. The second-order valence-electron chi connectivity index (χ2n) is 4.59. The number of nitrogens with one attached hydrogen (secondary N) is 1. The van der Waals surface area contributed by atoms with Crippen LogP contribution in [0, 0.1) is 0 Å². The summed E-state index contributed by atoms with van der Waals surface area (Å²) >= 11 is 0. The van der Waals surface area contributed by atoms with Crippen LogP contribution >= 0.6 is 0 Å². The van der Waals surface area contributed by atoms with E-state index in [2.05, 4.69) is 24.1 Å². The summed E-state index contributed by atoms with van der Waals surface area (Å²) in [6, 6.07) is 0.501. The highest BCUT2D eigenvalue weighted by molar-refractivity contribution is 5.85. The van der Waals surface area contributed by atoms with Crippen LogP contribution in [-0.2, 0) is 4.79 Å². The molecule has 0 spiro atoms. The standard InChI is InChI=1S/C12H25N3O/c1-4-14-12(11(13)16)8-7-10(9-12)15(5-2)6-3/h10,14H,4-9H2,1-3H3,(H2,13,16). The molecule has 94 valence electrons. The Hall–Kier alpha value is -0.610. The molecule has 1 saturated carbocycles. The maximum atomic E-state index is 11.6. The van der Waals surface area contributed by atoms with Gasteiger partial charge in [0.25, 0.3) is 0 Å². The van der Waals surface area contributed by atoms with E-state index in [0.29, 0.717) is 6.04 Å². The Labute approximate surface area is 98.6 Å². The van der Waals surface area contributed by atoms with Gasteiger partial charge >= 0.3 is 0 Å². The fourth-order valence-corrected chi connectivity index (χ4v) is 2.88. The van der Waals surface area contributed by atoms with E-state index < -0.39 is 5.54 Å². The van der Waals surface area contributed by atoms with Gasteiger partial charge in [0.1, 0.15) is 0 Å². The monoisotopic (exact) mass is 227 g/mol. The summed E-state index contributed by atoms with van der Waals surface area (Å²) in [5.74, 6) is -0.191. The topological polar surface area (TPSA) is 58.4 Å². The molecule has 2 unspecified atom stereocenters.